The van der Waals surface area contributed by atoms with Crippen LogP contribution in [0.25, 0.3) is 0 Å². The average Bonchev–Trinajstić information content (AvgIpc) is 2.90. The number of likely N-dealkylation sites (N-methyl/N-ethyl adjacent to an activating group) is 2. The van der Waals surface area contributed by atoms with E-state index in [1.54, 1.807) is 0 Å². The van der Waals surface area contributed by atoms with E-state index >= 15 is 0 Å². The fourth-order valence-electron chi connectivity index (χ4n) is 3.71. The Balaban J connectivity index is 0. The maximum absolute atomic E-state index is 5.68. The van der Waals surface area contributed by atoms with Gasteiger partial charge in [-0.2, -0.15) is 0 Å². The van der Waals surface area contributed by atoms with Gasteiger partial charge in [-0.3, -0.25) is 0 Å². The zero-order valence-electron chi connectivity index (χ0n) is 25.9. The SMILES string of the molecule is CCOC(C[SiH2]CCOCCN(CC)CC)OCC.CCOC(OCC)[SiH2]CCOCCN(CC)CC. The Morgan fingerprint density at radius 1 is 0.541 bits per heavy atom. The van der Waals surface area contributed by atoms with Gasteiger partial charge in [0.2, 0.25) is 0 Å². The fourth-order valence-corrected chi connectivity index (χ4v) is 6.58. The van der Waals surface area contributed by atoms with E-state index in [-0.39, 0.29) is 31.2 Å². The third-order valence-corrected chi connectivity index (χ3v) is 9.32. The summed E-state index contributed by atoms with van der Waals surface area (Å²) in [5.74, 6) is 0.0754. The minimum atomic E-state index is -0.338. The van der Waals surface area contributed by atoms with Crippen molar-refractivity contribution in [1.29, 1.82) is 0 Å². The fraction of sp³-hybridized carbons (Fsp3) is 1.00. The Morgan fingerprint density at radius 2 is 0.973 bits per heavy atom. The first-order valence-corrected chi connectivity index (χ1v) is 18.9. The lowest BCUT2D eigenvalue weighted by Crippen LogP contribution is -2.28. The molecular formula is C27H64N2O6Si2. The minimum Gasteiger partial charge on any atom is -0.380 e. The molecule has 0 aliphatic carbocycles. The first-order chi connectivity index (χ1) is 18.1. The molecule has 0 heterocycles. The predicted molar refractivity (Wildman–Crippen MR) is 163 cm³/mol. The molecule has 0 aromatic carbocycles. The molecule has 0 radical (unpaired) electrons. The quantitative estimate of drug-likeness (QED) is 0.0852. The van der Waals surface area contributed by atoms with Crippen LogP contribution in [-0.4, -0.2) is 133 Å². The summed E-state index contributed by atoms with van der Waals surface area (Å²) in [6.07, 6.45) is 0.0253. The van der Waals surface area contributed by atoms with Crippen LogP contribution in [0.5, 0.6) is 0 Å². The monoisotopic (exact) mass is 568 g/mol. The van der Waals surface area contributed by atoms with E-state index in [2.05, 4.69) is 37.5 Å². The summed E-state index contributed by atoms with van der Waals surface area (Å²) in [5.41, 5.74) is 0. The molecule has 0 aromatic rings. The summed E-state index contributed by atoms with van der Waals surface area (Å²) in [5, 5.41) is 0. The summed E-state index contributed by atoms with van der Waals surface area (Å²) < 4.78 is 33.5. The smallest absolute Gasteiger partial charge is 0.154 e. The van der Waals surface area contributed by atoms with Crippen molar-refractivity contribution in [3.05, 3.63) is 0 Å². The molecule has 0 N–H and O–H groups in total. The lowest BCUT2D eigenvalue weighted by atomic mass is 10.5. The highest BCUT2D eigenvalue weighted by Crippen LogP contribution is 2.03. The van der Waals surface area contributed by atoms with E-state index < -0.39 is 0 Å². The van der Waals surface area contributed by atoms with E-state index in [0.29, 0.717) is 0 Å². The molecule has 0 amide bonds. The number of rotatable bonds is 27. The molecule has 0 fully saturated rings. The van der Waals surface area contributed by atoms with Crippen LogP contribution in [0.2, 0.25) is 18.1 Å². The van der Waals surface area contributed by atoms with Gasteiger partial charge >= 0.3 is 0 Å². The first-order valence-electron chi connectivity index (χ1n) is 15.1. The molecule has 0 spiro atoms. The molecule has 0 aliphatic rings. The highest BCUT2D eigenvalue weighted by Gasteiger charge is 2.08. The number of nitrogens with zero attached hydrogens (tertiary/aromatic N) is 2. The van der Waals surface area contributed by atoms with E-state index in [0.717, 1.165) is 104 Å². The van der Waals surface area contributed by atoms with Crippen molar-refractivity contribution in [3.63, 3.8) is 0 Å². The van der Waals surface area contributed by atoms with Crippen LogP contribution in [0.4, 0.5) is 0 Å². The molecule has 0 saturated carbocycles. The highest BCUT2D eigenvalue weighted by molar-refractivity contribution is 6.36. The molecule has 8 nitrogen and oxygen atoms in total. The molecule has 0 rings (SSSR count). The van der Waals surface area contributed by atoms with Crippen molar-refractivity contribution in [2.24, 2.45) is 0 Å². The van der Waals surface area contributed by atoms with Crippen molar-refractivity contribution >= 4 is 19.0 Å². The standard InChI is InChI=1S/C14H33NO3Si.C13H31NO3Si/c1-5-15(6-2)9-10-16-11-12-19-13-14(17-7-3)18-8-4;1-5-14(6-2)9-10-15-11-12-18-13(16-7-3)17-8-4/h14H,5-13,19H2,1-4H3;13H,5-12,18H2,1-4H3. The number of hydrogen-bond acceptors (Lipinski definition) is 8. The van der Waals surface area contributed by atoms with Gasteiger partial charge in [-0.1, -0.05) is 27.7 Å². The van der Waals surface area contributed by atoms with Gasteiger partial charge in [0.05, 0.1) is 22.7 Å². The van der Waals surface area contributed by atoms with E-state index in [1.165, 1.54) is 6.04 Å². The Bertz CT molecular complexity index is 410. The number of hydrogen-bond donors (Lipinski definition) is 0. The third-order valence-electron chi connectivity index (χ3n) is 6.01. The van der Waals surface area contributed by atoms with Gasteiger partial charge in [0.15, 0.2) is 6.29 Å². The maximum Gasteiger partial charge on any atom is 0.154 e. The van der Waals surface area contributed by atoms with Crippen molar-refractivity contribution in [2.45, 2.75) is 85.7 Å². The van der Waals surface area contributed by atoms with E-state index in [1.807, 2.05) is 27.7 Å². The molecule has 0 bridgehead atoms. The second-order valence-electron chi connectivity index (χ2n) is 8.60. The van der Waals surface area contributed by atoms with Crippen molar-refractivity contribution in [3.8, 4) is 0 Å². The van der Waals surface area contributed by atoms with Gasteiger partial charge in [0.1, 0.15) is 5.91 Å². The van der Waals surface area contributed by atoms with Crippen LogP contribution < -0.4 is 0 Å². The Labute approximate surface area is 235 Å². The summed E-state index contributed by atoms with van der Waals surface area (Å²) in [4.78, 5) is 4.76. The van der Waals surface area contributed by atoms with Crippen molar-refractivity contribution in [1.82, 2.24) is 9.80 Å². The minimum absolute atomic E-state index is 0.0253. The second kappa shape index (κ2) is 32.3. The van der Waals surface area contributed by atoms with Gasteiger partial charge in [-0.05, 0) is 72.0 Å². The zero-order valence-corrected chi connectivity index (χ0v) is 28.8. The Morgan fingerprint density at radius 3 is 1.38 bits per heavy atom. The largest absolute Gasteiger partial charge is 0.380 e. The maximum atomic E-state index is 5.68. The van der Waals surface area contributed by atoms with Crippen LogP contribution >= 0.6 is 0 Å². The van der Waals surface area contributed by atoms with E-state index in [4.69, 9.17) is 28.4 Å². The van der Waals surface area contributed by atoms with Crippen molar-refractivity contribution in [2.75, 3.05) is 92.1 Å². The molecular weight excluding hydrogens is 504 g/mol. The highest BCUT2D eigenvalue weighted by atomic mass is 28.2. The zero-order chi connectivity index (χ0) is 28.0. The predicted octanol–water partition coefficient (Wildman–Crippen LogP) is 3.04. The van der Waals surface area contributed by atoms with Gasteiger partial charge in [-0.15, -0.1) is 0 Å². The third kappa shape index (κ3) is 27.5. The molecule has 226 valence electrons. The van der Waals surface area contributed by atoms with Crippen LogP contribution in [-0.2, 0) is 28.4 Å². The van der Waals surface area contributed by atoms with Crippen molar-refractivity contribution < 1.29 is 28.4 Å². The molecule has 10 heteroatoms. The molecule has 37 heavy (non-hydrogen) atoms. The molecule has 0 unspecified atom stereocenters. The number of ether oxygens (including phenoxy) is 6. The van der Waals surface area contributed by atoms with Crippen LogP contribution in [0.3, 0.4) is 0 Å². The Kier molecular flexibility index (Phi) is 34.3. The first kappa shape index (κ1) is 39.3. The second-order valence-corrected chi connectivity index (χ2v) is 12.5. The molecule has 0 aromatic heterocycles. The lowest BCUT2D eigenvalue weighted by molar-refractivity contribution is -0.123. The molecule has 0 atom stereocenters. The lowest BCUT2D eigenvalue weighted by Gasteiger charge is -2.18. The molecule has 0 saturated heterocycles. The van der Waals surface area contributed by atoms with Crippen LogP contribution in [0.1, 0.15) is 55.4 Å². The summed E-state index contributed by atoms with van der Waals surface area (Å²) in [6.45, 7) is 29.7. The van der Waals surface area contributed by atoms with Gasteiger partial charge in [0.25, 0.3) is 0 Å². The topological polar surface area (TPSA) is 61.9 Å². The molecule has 0 aliphatic heterocycles. The van der Waals surface area contributed by atoms with Gasteiger partial charge < -0.3 is 38.2 Å². The van der Waals surface area contributed by atoms with E-state index in [9.17, 15) is 0 Å². The summed E-state index contributed by atoms with van der Waals surface area (Å²) in [6, 6.07) is 3.44. The van der Waals surface area contributed by atoms with Gasteiger partial charge in [0, 0.05) is 62.3 Å². The van der Waals surface area contributed by atoms with Gasteiger partial charge in [-0.25, -0.2) is 0 Å². The van der Waals surface area contributed by atoms with Crippen LogP contribution in [0.15, 0.2) is 0 Å². The van der Waals surface area contributed by atoms with Crippen LogP contribution in [0, 0.1) is 0 Å². The Hall–Kier alpha value is 0.114. The normalized spacial score (nSPS) is 12.3. The summed E-state index contributed by atoms with van der Waals surface area (Å²) >= 11 is 0. The summed E-state index contributed by atoms with van der Waals surface area (Å²) in [7, 11) is -0.461. The average molecular weight is 569 g/mol.